The first kappa shape index (κ1) is 14.7. The highest BCUT2D eigenvalue weighted by Gasteiger charge is 2.48. The first-order valence-corrected chi connectivity index (χ1v) is 8.04. The minimum absolute atomic E-state index is 0.0656. The van der Waals surface area contributed by atoms with Gasteiger partial charge in [0.1, 0.15) is 6.10 Å². The molecule has 0 bridgehead atoms. The Kier molecular flexibility index (Phi) is 3.79. The lowest BCUT2D eigenvalue weighted by atomic mass is 9.84. The van der Waals surface area contributed by atoms with E-state index in [9.17, 15) is 0 Å². The summed E-state index contributed by atoms with van der Waals surface area (Å²) < 4.78 is 17.2. The molecular formula is C17H21N3O3. The summed E-state index contributed by atoms with van der Waals surface area (Å²) in [5.74, 6) is 0.613. The van der Waals surface area contributed by atoms with Gasteiger partial charge in [-0.1, -0.05) is 0 Å². The topological polar surface area (TPSA) is 60.6 Å². The number of aromatic nitrogens is 2. The second kappa shape index (κ2) is 5.94. The maximum absolute atomic E-state index is 6.06. The van der Waals surface area contributed by atoms with Crippen molar-refractivity contribution in [2.45, 2.75) is 38.0 Å². The summed E-state index contributed by atoms with van der Waals surface area (Å²) in [6.07, 6.45) is 8.89. The van der Waals surface area contributed by atoms with Crippen LogP contribution in [-0.2, 0) is 11.3 Å². The summed E-state index contributed by atoms with van der Waals surface area (Å²) in [5.41, 5.74) is 2.02. The summed E-state index contributed by atoms with van der Waals surface area (Å²) in [4.78, 5) is 10.9. The van der Waals surface area contributed by atoms with Crippen molar-refractivity contribution in [3.05, 3.63) is 42.2 Å². The van der Waals surface area contributed by atoms with Crippen molar-refractivity contribution in [2.24, 2.45) is 0 Å². The number of hydrogen-bond donors (Lipinski definition) is 0. The third-order valence-electron chi connectivity index (χ3n) is 4.48. The maximum atomic E-state index is 6.06. The predicted octanol–water partition coefficient (Wildman–Crippen LogP) is 2.19. The molecule has 0 amide bonds. The predicted molar refractivity (Wildman–Crippen MR) is 83.1 cm³/mol. The van der Waals surface area contributed by atoms with Gasteiger partial charge in [-0.3, -0.25) is 9.88 Å². The summed E-state index contributed by atoms with van der Waals surface area (Å²) in [5, 5.41) is 0. The first-order chi connectivity index (χ1) is 11.2. The van der Waals surface area contributed by atoms with Crippen LogP contribution in [0, 0.1) is 6.92 Å². The van der Waals surface area contributed by atoms with E-state index in [1.165, 1.54) is 5.56 Å². The van der Waals surface area contributed by atoms with E-state index in [4.69, 9.17) is 13.9 Å². The van der Waals surface area contributed by atoms with Gasteiger partial charge in [0.05, 0.1) is 36.6 Å². The Bertz CT molecular complexity index is 653. The second-order valence-corrected chi connectivity index (χ2v) is 6.54. The van der Waals surface area contributed by atoms with Crippen molar-refractivity contribution in [2.75, 3.05) is 19.7 Å². The fourth-order valence-electron chi connectivity index (χ4n) is 3.49. The first-order valence-electron chi connectivity index (χ1n) is 8.04. The van der Waals surface area contributed by atoms with Gasteiger partial charge >= 0.3 is 0 Å². The molecule has 0 radical (unpaired) electrons. The van der Waals surface area contributed by atoms with Crippen LogP contribution in [0.25, 0.3) is 0 Å². The van der Waals surface area contributed by atoms with Crippen LogP contribution in [-0.4, -0.2) is 46.3 Å². The van der Waals surface area contributed by atoms with E-state index in [1.54, 1.807) is 24.9 Å². The van der Waals surface area contributed by atoms with Crippen LogP contribution in [0.4, 0.5) is 0 Å². The summed E-state index contributed by atoms with van der Waals surface area (Å²) in [6.45, 7) is 5.46. The van der Waals surface area contributed by atoms with Crippen molar-refractivity contribution < 1.29 is 13.9 Å². The quantitative estimate of drug-likeness (QED) is 0.862. The molecule has 2 aliphatic heterocycles. The standard InChI is InChI=1S/C17H21N3O3/c1-13-7-18-8-16(19-13)23-15-3-5-22-17(6-15)11-20(12-17)9-14-2-4-21-10-14/h2,4,7-8,10,15H,3,5-6,9,11-12H2,1H3. The van der Waals surface area contributed by atoms with Crippen LogP contribution in [0.2, 0.25) is 0 Å². The fourth-order valence-corrected chi connectivity index (χ4v) is 3.49. The normalized spacial score (nSPS) is 23.6. The Balaban J connectivity index is 1.33. The average molecular weight is 315 g/mol. The van der Waals surface area contributed by atoms with Crippen LogP contribution in [0.3, 0.4) is 0 Å². The third-order valence-corrected chi connectivity index (χ3v) is 4.48. The van der Waals surface area contributed by atoms with E-state index in [-0.39, 0.29) is 11.7 Å². The highest BCUT2D eigenvalue weighted by Crippen LogP contribution is 2.36. The zero-order valence-electron chi connectivity index (χ0n) is 13.3. The Hall–Kier alpha value is -1.92. The number of ether oxygens (including phenoxy) is 2. The van der Waals surface area contributed by atoms with Gasteiger partial charge in [-0.15, -0.1) is 0 Å². The van der Waals surface area contributed by atoms with E-state index in [1.807, 2.05) is 13.0 Å². The Morgan fingerprint density at radius 3 is 3.09 bits per heavy atom. The summed E-state index contributed by atoms with van der Waals surface area (Å²) >= 11 is 0. The largest absolute Gasteiger partial charge is 0.473 e. The molecule has 0 aliphatic carbocycles. The molecule has 0 aromatic carbocycles. The molecule has 2 aromatic rings. The van der Waals surface area contributed by atoms with Crippen molar-refractivity contribution in [1.82, 2.24) is 14.9 Å². The van der Waals surface area contributed by atoms with Crippen molar-refractivity contribution in [3.63, 3.8) is 0 Å². The van der Waals surface area contributed by atoms with Crippen LogP contribution in [0.1, 0.15) is 24.1 Å². The van der Waals surface area contributed by atoms with Gasteiger partial charge in [0, 0.05) is 44.2 Å². The molecule has 6 heteroatoms. The minimum atomic E-state index is -0.0656. The molecule has 1 unspecified atom stereocenters. The number of likely N-dealkylation sites (tertiary alicyclic amines) is 1. The van der Waals surface area contributed by atoms with Gasteiger partial charge in [-0.25, -0.2) is 4.98 Å². The van der Waals surface area contributed by atoms with Crippen molar-refractivity contribution in [3.8, 4) is 5.88 Å². The number of aryl methyl sites for hydroxylation is 1. The maximum Gasteiger partial charge on any atom is 0.232 e. The molecule has 2 fully saturated rings. The molecule has 0 N–H and O–H groups in total. The number of hydrogen-bond acceptors (Lipinski definition) is 6. The lowest BCUT2D eigenvalue weighted by molar-refractivity contribution is -0.188. The molecule has 0 saturated carbocycles. The van der Waals surface area contributed by atoms with E-state index < -0.39 is 0 Å². The zero-order valence-corrected chi connectivity index (χ0v) is 13.3. The SMILES string of the molecule is Cc1cncc(OC2CCOC3(C2)CN(Cc2ccoc2)C3)n1. The Labute approximate surface area is 135 Å². The van der Waals surface area contributed by atoms with Gasteiger partial charge in [-0.05, 0) is 13.0 Å². The van der Waals surface area contributed by atoms with E-state index in [0.717, 1.165) is 44.8 Å². The zero-order chi connectivity index (χ0) is 15.7. The van der Waals surface area contributed by atoms with Crippen molar-refractivity contribution in [1.29, 1.82) is 0 Å². The van der Waals surface area contributed by atoms with Crippen LogP contribution in [0.15, 0.2) is 35.4 Å². The van der Waals surface area contributed by atoms with E-state index in [0.29, 0.717) is 5.88 Å². The molecule has 122 valence electrons. The van der Waals surface area contributed by atoms with Gasteiger partial charge in [0.15, 0.2) is 0 Å². The smallest absolute Gasteiger partial charge is 0.232 e. The summed E-state index contributed by atoms with van der Waals surface area (Å²) in [6, 6.07) is 2.01. The highest BCUT2D eigenvalue weighted by atomic mass is 16.5. The second-order valence-electron chi connectivity index (χ2n) is 6.54. The molecule has 2 aromatic heterocycles. The average Bonchev–Trinajstić information content (AvgIpc) is 2.99. The molecule has 4 heterocycles. The van der Waals surface area contributed by atoms with E-state index in [2.05, 4.69) is 14.9 Å². The third kappa shape index (κ3) is 3.23. The molecule has 2 saturated heterocycles. The Morgan fingerprint density at radius 2 is 2.30 bits per heavy atom. The van der Waals surface area contributed by atoms with E-state index >= 15 is 0 Å². The lowest BCUT2D eigenvalue weighted by Gasteiger charge is -2.53. The summed E-state index contributed by atoms with van der Waals surface area (Å²) in [7, 11) is 0. The monoisotopic (exact) mass is 315 g/mol. The van der Waals surface area contributed by atoms with Gasteiger partial charge in [-0.2, -0.15) is 0 Å². The molecule has 6 nitrogen and oxygen atoms in total. The number of furan rings is 1. The highest BCUT2D eigenvalue weighted by molar-refractivity contribution is 5.11. The molecule has 23 heavy (non-hydrogen) atoms. The van der Waals surface area contributed by atoms with Gasteiger partial charge < -0.3 is 13.9 Å². The lowest BCUT2D eigenvalue weighted by Crippen LogP contribution is -2.65. The van der Waals surface area contributed by atoms with Crippen LogP contribution >= 0.6 is 0 Å². The van der Waals surface area contributed by atoms with Crippen LogP contribution in [0.5, 0.6) is 5.88 Å². The van der Waals surface area contributed by atoms with Gasteiger partial charge in [0.2, 0.25) is 5.88 Å². The number of nitrogens with zero attached hydrogens (tertiary/aromatic N) is 3. The number of rotatable bonds is 4. The molecule has 1 spiro atoms. The molecule has 1 atom stereocenters. The fraction of sp³-hybridized carbons (Fsp3) is 0.529. The molecule has 4 rings (SSSR count). The molecular weight excluding hydrogens is 294 g/mol. The molecule has 2 aliphatic rings. The van der Waals surface area contributed by atoms with Crippen molar-refractivity contribution >= 4 is 0 Å². The Morgan fingerprint density at radius 1 is 1.39 bits per heavy atom. The van der Waals surface area contributed by atoms with Crippen LogP contribution < -0.4 is 4.74 Å². The minimum Gasteiger partial charge on any atom is -0.473 e. The van der Waals surface area contributed by atoms with Gasteiger partial charge in [0.25, 0.3) is 0 Å².